The van der Waals surface area contributed by atoms with E-state index in [1.807, 2.05) is 12.5 Å². The SMILES string of the molecule is CCC(=COC=C(CC)CC)CC.OCCCCO. The molecule has 0 bridgehead atoms. The lowest BCUT2D eigenvalue weighted by atomic mass is 10.2. The summed E-state index contributed by atoms with van der Waals surface area (Å²) in [4.78, 5) is 0. The quantitative estimate of drug-likeness (QED) is 0.489. The molecular formula is C16H32O3. The molecular weight excluding hydrogens is 240 g/mol. The topological polar surface area (TPSA) is 49.7 Å². The number of allylic oxidation sites excluding steroid dienone is 2. The lowest BCUT2D eigenvalue weighted by molar-refractivity contribution is 0.242. The number of aliphatic hydroxyl groups is 2. The van der Waals surface area contributed by atoms with Crippen LogP contribution in [0.3, 0.4) is 0 Å². The van der Waals surface area contributed by atoms with Gasteiger partial charge >= 0.3 is 0 Å². The second-order valence-electron chi connectivity index (χ2n) is 4.26. The van der Waals surface area contributed by atoms with Gasteiger partial charge in [-0.15, -0.1) is 0 Å². The first-order chi connectivity index (χ1) is 9.19. The van der Waals surface area contributed by atoms with Crippen LogP contribution in [0.1, 0.15) is 66.2 Å². The molecule has 0 atom stereocenters. The van der Waals surface area contributed by atoms with E-state index in [1.54, 1.807) is 0 Å². The number of hydrogen-bond acceptors (Lipinski definition) is 3. The van der Waals surface area contributed by atoms with Gasteiger partial charge in [-0.25, -0.2) is 0 Å². The summed E-state index contributed by atoms with van der Waals surface area (Å²) in [5, 5.41) is 16.2. The monoisotopic (exact) mass is 272 g/mol. The molecule has 114 valence electrons. The van der Waals surface area contributed by atoms with E-state index >= 15 is 0 Å². The molecule has 0 radical (unpaired) electrons. The molecule has 19 heavy (non-hydrogen) atoms. The number of aliphatic hydroxyl groups excluding tert-OH is 2. The summed E-state index contributed by atoms with van der Waals surface area (Å²) in [5.41, 5.74) is 2.73. The molecule has 0 rings (SSSR count). The van der Waals surface area contributed by atoms with Crippen molar-refractivity contribution in [1.82, 2.24) is 0 Å². The van der Waals surface area contributed by atoms with Gasteiger partial charge in [-0.1, -0.05) is 27.7 Å². The van der Waals surface area contributed by atoms with Gasteiger partial charge in [-0.2, -0.15) is 0 Å². The lowest BCUT2D eigenvalue weighted by Gasteiger charge is -2.01. The number of rotatable bonds is 9. The van der Waals surface area contributed by atoms with Crippen LogP contribution in [-0.4, -0.2) is 23.4 Å². The van der Waals surface area contributed by atoms with Crippen LogP contribution in [0.2, 0.25) is 0 Å². The van der Waals surface area contributed by atoms with Crippen molar-refractivity contribution in [3.63, 3.8) is 0 Å². The average Bonchev–Trinajstić information content (AvgIpc) is 2.46. The second kappa shape index (κ2) is 17.2. The Bertz CT molecular complexity index is 196. The zero-order valence-electron chi connectivity index (χ0n) is 13.1. The fourth-order valence-corrected chi connectivity index (χ4v) is 1.28. The summed E-state index contributed by atoms with van der Waals surface area (Å²) in [7, 11) is 0. The Labute approximate surface area is 119 Å². The van der Waals surface area contributed by atoms with Gasteiger partial charge in [0.2, 0.25) is 0 Å². The molecule has 0 heterocycles. The van der Waals surface area contributed by atoms with Gasteiger partial charge in [-0.3, -0.25) is 0 Å². The number of hydrogen-bond donors (Lipinski definition) is 2. The first kappa shape index (κ1) is 20.5. The minimum Gasteiger partial charge on any atom is -0.473 e. The van der Waals surface area contributed by atoms with Crippen LogP contribution in [0, 0.1) is 0 Å². The lowest BCUT2D eigenvalue weighted by Crippen LogP contribution is -1.85. The molecule has 0 spiro atoms. The van der Waals surface area contributed by atoms with Gasteiger partial charge < -0.3 is 14.9 Å². The highest BCUT2D eigenvalue weighted by molar-refractivity contribution is 5.00. The van der Waals surface area contributed by atoms with E-state index in [0.29, 0.717) is 0 Å². The number of ether oxygens (including phenoxy) is 1. The molecule has 0 saturated heterocycles. The van der Waals surface area contributed by atoms with E-state index < -0.39 is 0 Å². The van der Waals surface area contributed by atoms with Crippen molar-refractivity contribution in [2.45, 2.75) is 66.2 Å². The van der Waals surface area contributed by atoms with Crippen molar-refractivity contribution in [2.24, 2.45) is 0 Å². The Morgan fingerprint density at radius 1 is 0.737 bits per heavy atom. The smallest absolute Gasteiger partial charge is 0.0893 e. The molecule has 2 N–H and O–H groups in total. The summed E-state index contributed by atoms with van der Waals surface area (Å²) < 4.78 is 5.40. The summed E-state index contributed by atoms with van der Waals surface area (Å²) in [6, 6.07) is 0. The van der Waals surface area contributed by atoms with E-state index in [-0.39, 0.29) is 13.2 Å². The zero-order valence-corrected chi connectivity index (χ0v) is 13.1. The summed E-state index contributed by atoms with van der Waals surface area (Å²) in [6.07, 6.45) is 9.52. The normalized spacial score (nSPS) is 9.16. The molecule has 0 aliphatic carbocycles. The van der Waals surface area contributed by atoms with E-state index in [4.69, 9.17) is 14.9 Å². The third-order valence-electron chi connectivity index (χ3n) is 2.85. The van der Waals surface area contributed by atoms with Gasteiger partial charge in [0.15, 0.2) is 0 Å². The Kier molecular flexibility index (Phi) is 18.6. The van der Waals surface area contributed by atoms with Crippen LogP contribution in [0.5, 0.6) is 0 Å². The van der Waals surface area contributed by atoms with Crippen LogP contribution >= 0.6 is 0 Å². The zero-order chi connectivity index (χ0) is 14.9. The molecule has 0 unspecified atom stereocenters. The Balaban J connectivity index is 0. The molecule has 0 fully saturated rings. The largest absolute Gasteiger partial charge is 0.473 e. The Morgan fingerprint density at radius 3 is 1.26 bits per heavy atom. The first-order valence-corrected chi connectivity index (χ1v) is 7.42. The van der Waals surface area contributed by atoms with Crippen molar-refractivity contribution < 1.29 is 14.9 Å². The molecule has 0 aliphatic rings. The fraction of sp³-hybridized carbons (Fsp3) is 0.750. The summed E-state index contributed by atoms with van der Waals surface area (Å²) >= 11 is 0. The highest BCUT2D eigenvalue weighted by atomic mass is 16.5. The van der Waals surface area contributed by atoms with Crippen LogP contribution in [0.4, 0.5) is 0 Å². The standard InChI is InChI=1S/C12H22O.C4H10O2/c1-5-11(6-2)9-13-10-12(7-3)8-4;5-3-1-2-4-6/h9-10H,5-8H2,1-4H3;5-6H,1-4H2. The van der Waals surface area contributed by atoms with Crippen LogP contribution in [-0.2, 0) is 4.74 Å². The van der Waals surface area contributed by atoms with Gasteiger partial charge in [0, 0.05) is 13.2 Å². The van der Waals surface area contributed by atoms with Crippen LogP contribution < -0.4 is 0 Å². The fourth-order valence-electron chi connectivity index (χ4n) is 1.28. The van der Waals surface area contributed by atoms with E-state index in [1.165, 1.54) is 11.1 Å². The maximum absolute atomic E-state index is 8.09. The van der Waals surface area contributed by atoms with Gasteiger partial charge in [0.1, 0.15) is 0 Å². The molecule has 3 heteroatoms. The first-order valence-electron chi connectivity index (χ1n) is 7.42. The molecule has 0 amide bonds. The third kappa shape index (κ3) is 15.1. The number of unbranched alkanes of at least 4 members (excludes halogenated alkanes) is 1. The van der Waals surface area contributed by atoms with Gasteiger partial charge in [0.25, 0.3) is 0 Å². The van der Waals surface area contributed by atoms with Crippen molar-refractivity contribution in [3.05, 3.63) is 23.7 Å². The molecule has 0 saturated carbocycles. The van der Waals surface area contributed by atoms with Gasteiger partial charge in [-0.05, 0) is 49.7 Å². The molecule has 3 nitrogen and oxygen atoms in total. The average molecular weight is 272 g/mol. The Morgan fingerprint density at radius 2 is 1.05 bits per heavy atom. The molecule has 0 aromatic rings. The highest BCUT2D eigenvalue weighted by Crippen LogP contribution is 2.08. The van der Waals surface area contributed by atoms with E-state index in [2.05, 4.69) is 27.7 Å². The van der Waals surface area contributed by atoms with Crippen molar-refractivity contribution in [2.75, 3.05) is 13.2 Å². The predicted octanol–water partition coefficient (Wildman–Crippen LogP) is 4.16. The van der Waals surface area contributed by atoms with Crippen molar-refractivity contribution in [1.29, 1.82) is 0 Å². The van der Waals surface area contributed by atoms with E-state index in [9.17, 15) is 0 Å². The Hall–Kier alpha value is -0.800. The minimum atomic E-state index is 0.195. The summed E-state index contributed by atoms with van der Waals surface area (Å²) in [5.74, 6) is 0. The van der Waals surface area contributed by atoms with Crippen molar-refractivity contribution in [3.8, 4) is 0 Å². The van der Waals surface area contributed by atoms with Crippen molar-refractivity contribution >= 4 is 0 Å². The summed E-state index contributed by atoms with van der Waals surface area (Å²) in [6.45, 7) is 9.01. The minimum absolute atomic E-state index is 0.195. The van der Waals surface area contributed by atoms with Crippen LogP contribution in [0.25, 0.3) is 0 Å². The second-order valence-corrected chi connectivity index (χ2v) is 4.26. The molecule has 0 aliphatic heterocycles. The van der Waals surface area contributed by atoms with E-state index in [0.717, 1.165) is 38.5 Å². The predicted molar refractivity (Wildman–Crippen MR) is 81.8 cm³/mol. The maximum Gasteiger partial charge on any atom is 0.0893 e. The highest BCUT2D eigenvalue weighted by Gasteiger charge is 1.90. The third-order valence-corrected chi connectivity index (χ3v) is 2.85. The van der Waals surface area contributed by atoms with Gasteiger partial charge in [0.05, 0.1) is 12.5 Å². The van der Waals surface area contributed by atoms with Crippen LogP contribution in [0.15, 0.2) is 23.7 Å². The molecule has 0 aromatic heterocycles. The maximum atomic E-state index is 8.09. The molecule has 0 aromatic carbocycles.